The van der Waals surface area contributed by atoms with Gasteiger partial charge in [0.15, 0.2) is 0 Å². The average Bonchev–Trinajstić information content (AvgIpc) is 3.36. The van der Waals surface area contributed by atoms with Crippen LogP contribution in [0.3, 0.4) is 0 Å². The summed E-state index contributed by atoms with van der Waals surface area (Å²) in [7, 11) is 0. The minimum atomic E-state index is -0.667. The minimum absolute atomic E-state index is 0.00162. The van der Waals surface area contributed by atoms with Crippen molar-refractivity contribution in [1.29, 1.82) is 0 Å². The summed E-state index contributed by atoms with van der Waals surface area (Å²) in [4.78, 5) is 24.5. The van der Waals surface area contributed by atoms with Crippen molar-refractivity contribution in [2.24, 2.45) is 0 Å². The summed E-state index contributed by atoms with van der Waals surface area (Å²) in [6, 6.07) is -0.545. The highest BCUT2D eigenvalue weighted by atomic mass is 16.5. The van der Waals surface area contributed by atoms with E-state index in [4.69, 9.17) is 4.74 Å². The number of unbranched alkanes of at least 4 members (excludes halogenated alkanes) is 41. The monoisotopic (exact) mass is 984 g/mol. The van der Waals surface area contributed by atoms with Gasteiger partial charge in [0.1, 0.15) is 0 Å². The maximum absolute atomic E-state index is 12.5. The van der Waals surface area contributed by atoms with Crippen LogP contribution in [0, 0.1) is 0 Å². The van der Waals surface area contributed by atoms with Crippen LogP contribution in [0.5, 0.6) is 0 Å². The van der Waals surface area contributed by atoms with Crippen molar-refractivity contribution in [3.63, 3.8) is 0 Å². The van der Waals surface area contributed by atoms with E-state index in [0.29, 0.717) is 25.9 Å². The summed E-state index contributed by atoms with van der Waals surface area (Å²) < 4.78 is 5.48. The minimum Gasteiger partial charge on any atom is -0.466 e. The summed E-state index contributed by atoms with van der Waals surface area (Å²) in [5.41, 5.74) is 0. The van der Waals surface area contributed by atoms with Gasteiger partial charge in [0.25, 0.3) is 0 Å². The lowest BCUT2D eigenvalue weighted by Crippen LogP contribution is -2.45. The Bertz CT molecular complexity index is 1130. The van der Waals surface area contributed by atoms with Crippen LogP contribution >= 0.6 is 0 Å². The number of carbonyl (C=O) groups is 2. The molecule has 0 fully saturated rings. The van der Waals surface area contributed by atoms with Crippen LogP contribution in [-0.4, -0.2) is 47.4 Å². The zero-order valence-electron chi connectivity index (χ0n) is 47.0. The third kappa shape index (κ3) is 55.4. The SMILES string of the molecule is CCCCCCCCC/C=C\CCCCCCCC(=O)OCCCCCCCCCCC/C=C\C/C=C\CCCCCCCCCCCC(=O)NC(CO)C(O)CCCCCCCCCCCCCC. The van der Waals surface area contributed by atoms with E-state index in [1.807, 2.05) is 0 Å². The third-order valence-electron chi connectivity index (χ3n) is 14.4. The fourth-order valence-electron chi connectivity index (χ4n) is 9.61. The Morgan fingerprint density at radius 3 is 1.10 bits per heavy atom. The maximum Gasteiger partial charge on any atom is 0.305 e. The number of aliphatic hydroxyl groups excluding tert-OH is 2. The Morgan fingerprint density at radius 1 is 0.400 bits per heavy atom. The standard InChI is InChI=1S/C64H121NO5/c1-3-5-7-9-11-13-15-17-18-31-34-38-42-46-50-54-58-64(69)70-59-55-51-47-43-39-35-32-29-27-25-23-21-19-20-22-24-26-28-30-33-37-41-45-49-53-57-63(68)65-61(60-66)62(67)56-52-48-44-40-36-16-14-12-10-8-6-4-2/h18,20-23,31,61-62,66-67H,3-17,19,24-30,32-60H2,1-2H3,(H,65,68)/b22-20-,23-21-,31-18-. The van der Waals surface area contributed by atoms with Crippen molar-refractivity contribution in [3.05, 3.63) is 36.5 Å². The molecule has 412 valence electrons. The number of esters is 1. The van der Waals surface area contributed by atoms with Crippen molar-refractivity contribution >= 4 is 11.9 Å². The molecule has 70 heavy (non-hydrogen) atoms. The fraction of sp³-hybridized carbons (Fsp3) is 0.875. The van der Waals surface area contributed by atoms with Crippen LogP contribution in [0.2, 0.25) is 0 Å². The number of rotatable bonds is 58. The van der Waals surface area contributed by atoms with Crippen LogP contribution in [0.1, 0.15) is 335 Å². The van der Waals surface area contributed by atoms with Crippen molar-refractivity contribution in [2.75, 3.05) is 13.2 Å². The molecular formula is C64H121NO5. The van der Waals surface area contributed by atoms with Gasteiger partial charge in [-0.25, -0.2) is 0 Å². The van der Waals surface area contributed by atoms with Gasteiger partial charge in [-0.15, -0.1) is 0 Å². The summed E-state index contributed by atoms with van der Waals surface area (Å²) in [6.07, 6.45) is 74.4. The average molecular weight is 985 g/mol. The smallest absolute Gasteiger partial charge is 0.305 e. The Hall–Kier alpha value is -1.92. The summed E-state index contributed by atoms with van der Waals surface area (Å²) in [5, 5.41) is 23.2. The molecule has 1 amide bonds. The first-order chi connectivity index (χ1) is 34.5. The molecule has 0 aliphatic rings. The van der Waals surface area contributed by atoms with E-state index in [1.165, 1.54) is 250 Å². The van der Waals surface area contributed by atoms with Gasteiger partial charge in [-0.2, -0.15) is 0 Å². The zero-order valence-corrected chi connectivity index (χ0v) is 47.0. The Balaban J connectivity index is 3.42. The van der Waals surface area contributed by atoms with E-state index in [0.717, 1.165) is 51.4 Å². The largest absolute Gasteiger partial charge is 0.466 e. The van der Waals surface area contributed by atoms with E-state index in [1.54, 1.807) is 0 Å². The van der Waals surface area contributed by atoms with Gasteiger partial charge in [-0.1, -0.05) is 275 Å². The molecule has 0 saturated heterocycles. The van der Waals surface area contributed by atoms with Gasteiger partial charge in [0.2, 0.25) is 5.91 Å². The van der Waals surface area contributed by atoms with E-state index in [-0.39, 0.29) is 18.5 Å². The van der Waals surface area contributed by atoms with Gasteiger partial charge in [0.05, 0.1) is 25.4 Å². The normalized spacial score (nSPS) is 12.8. The molecular weight excluding hydrogens is 863 g/mol. The molecule has 6 heteroatoms. The second-order valence-electron chi connectivity index (χ2n) is 21.4. The second kappa shape index (κ2) is 59.6. The predicted molar refractivity (Wildman–Crippen MR) is 306 cm³/mol. The first-order valence-corrected chi connectivity index (χ1v) is 31.2. The van der Waals surface area contributed by atoms with Crippen molar-refractivity contribution in [3.8, 4) is 0 Å². The van der Waals surface area contributed by atoms with Crippen molar-refractivity contribution in [2.45, 2.75) is 347 Å². The molecule has 0 aliphatic heterocycles. The third-order valence-corrected chi connectivity index (χ3v) is 14.4. The molecule has 3 N–H and O–H groups in total. The van der Waals surface area contributed by atoms with Crippen LogP contribution in [0.15, 0.2) is 36.5 Å². The van der Waals surface area contributed by atoms with E-state index < -0.39 is 12.1 Å². The number of hydrogen-bond acceptors (Lipinski definition) is 5. The molecule has 0 spiro atoms. The number of ether oxygens (including phenoxy) is 1. The highest BCUT2D eigenvalue weighted by Crippen LogP contribution is 2.17. The number of carbonyl (C=O) groups excluding carboxylic acids is 2. The summed E-state index contributed by atoms with van der Waals surface area (Å²) >= 11 is 0. The number of aliphatic hydroxyl groups is 2. The van der Waals surface area contributed by atoms with Crippen LogP contribution in [-0.2, 0) is 14.3 Å². The molecule has 2 atom stereocenters. The number of hydrogen-bond donors (Lipinski definition) is 3. The number of amides is 1. The quantitative estimate of drug-likeness (QED) is 0.0321. The number of nitrogens with one attached hydrogen (secondary N) is 1. The molecule has 0 aliphatic carbocycles. The summed E-state index contributed by atoms with van der Waals surface area (Å²) in [6.45, 7) is 4.95. The van der Waals surface area contributed by atoms with Crippen LogP contribution in [0.4, 0.5) is 0 Å². The zero-order chi connectivity index (χ0) is 50.7. The number of allylic oxidation sites excluding steroid dienone is 6. The van der Waals surface area contributed by atoms with Crippen LogP contribution in [0.25, 0.3) is 0 Å². The van der Waals surface area contributed by atoms with E-state index in [2.05, 4.69) is 55.6 Å². The highest BCUT2D eigenvalue weighted by Gasteiger charge is 2.20. The Labute approximate surface area is 436 Å². The molecule has 2 unspecified atom stereocenters. The first kappa shape index (κ1) is 68.1. The van der Waals surface area contributed by atoms with E-state index in [9.17, 15) is 19.8 Å². The maximum atomic E-state index is 12.5. The van der Waals surface area contributed by atoms with Crippen molar-refractivity contribution < 1.29 is 24.5 Å². The lowest BCUT2D eigenvalue weighted by atomic mass is 10.0. The van der Waals surface area contributed by atoms with Gasteiger partial charge in [-0.3, -0.25) is 9.59 Å². The lowest BCUT2D eigenvalue weighted by Gasteiger charge is -2.22. The molecule has 6 nitrogen and oxygen atoms in total. The molecule has 0 aromatic heterocycles. The predicted octanol–water partition coefficient (Wildman–Crippen LogP) is 19.6. The molecule has 0 aromatic carbocycles. The molecule has 0 heterocycles. The van der Waals surface area contributed by atoms with Gasteiger partial charge < -0.3 is 20.3 Å². The molecule has 0 rings (SSSR count). The fourth-order valence-corrected chi connectivity index (χ4v) is 9.61. The Kier molecular flexibility index (Phi) is 58.0. The van der Waals surface area contributed by atoms with Crippen molar-refractivity contribution in [1.82, 2.24) is 5.32 Å². The first-order valence-electron chi connectivity index (χ1n) is 31.2. The highest BCUT2D eigenvalue weighted by molar-refractivity contribution is 5.76. The lowest BCUT2D eigenvalue weighted by molar-refractivity contribution is -0.143. The van der Waals surface area contributed by atoms with Gasteiger partial charge in [0, 0.05) is 12.8 Å². The molecule has 0 radical (unpaired) electrons. The second-order valence-corrected chi connectivity index (χ2v) is 21.4. The Morgan fingerprint density at radius 2 is 0.714 bits per heavy atom. The van der Waals surface area contributed by atoms with E-state index >= 15 is 0 Å². The molecule has 0 bridgehead atoms. The van der Waals surface area contributed by atoms with Gasteiger partial charge in [-0.05, 0) is 83.5 Å². The summed E-state index contributed by atoms with van der Waals surface area (Å²) in [5.74, 6) is -0.0396. The van der Waals surface area contributed by atoms with Crippen LogP contribution < -0.4 is 5.32 Å². The van der Waals surface area contributed by atoms with Gasteiger partial charge >= 0.3 is 5.97 Å². The topological polar surface area (TPSA) is 95.9 Å². The molecule has 0 saturated carbocycles. The molecule has 0 aromatic rings.